The number of amides is 2. The highest BCUT2D eigenvalue weighted by Crippen LogP contribution is 2.42. The zero-order valence-corrected chi connectivity index (χ0v) is 17.8. The topological polar surface area (TPSA) is 66.7 Å². The molecule has 0 radical (unpaired) electrons. The van der Waals surface area contributed by atoms with Crippen molar-refractivity contribution in [2.45, 2.75) is 39.3 Å². The molecule has 2 aromatic carbocycles. The Morgan fingerprint density at radius 1 is 1.17 bits per heavy atom. The second-order valence-electron chi connectivity index (χ2n) is 7.53. The summed E-state index contributed by atoms with van der Waals surface area (Å²) in [5.41, 5.74) is 3.09. The van der Waals surface area contributed by atoms with Crippen molar-refractivity contribution < 1.29 is 14.1 Å². The lowest BCUT2D eigenvalue weighted by molar-refractivity contribution is -0.117. The summed E-state index contributed by atoms with van der Waals surface area (Å²) in [6.45, 7) is 5.31. The maximum atomic E-state index is 13.2. The van der Waals surface area contributed by atoms with Crippen LogP contribution in [-0.4, -0.2) is 23.0 Å². The Hall–Kier alpha value is -3.12. The lowest BCUT2D eigenvalue weighted by Gasteiger charge is -2.43. The fourth-order valence-electron chi connectivity index (χ4n) is 4.10. The van der Waals surface area contributed by atoms with Crippen LogP contribution in [-0.2, 0) is 4.79 Å². The summed E-state index contributed by atoms with van der Waals surface area (Å²) in [6.07, 6.45) is 0.581. The Bertz CT molecular complexity index is 1090. The number of carbonyl (C=O) groups is 2. The number of fused-ring (bicyclic) bond motifs is 1. The van der Waals surface area contributed by atoms with Crippen molar-refractivity contribution in [1.82, 2.24) is 5.16 Å². The van der Waals surface area contributed by atoms with Crippen LogP contribution < -0.4 is 9.80 Å². The lowest BCUT2D eigenvalue weighted by Crippen LogP contribution is -2.47. The van der Waals surface area contributed by atoms with E-state index < -0.39 is 0 Å². The van der Waals surface area contributed by atoms with Crippen LogP contribution in [0, 0.1) is 6.92 Å². The van der Waals surface area contributed by atoms with Crippen LogP contribution in [0.25, 0.3) is 0 Å². The Balaban J connectivity index is 1.78. The molecule has 30 heavy (non-hydrogen) atoms. The van der Waals surface area contributed by atoms with Crippen LogP contribution in [0.1, 0.15) is 48.1 Å². The molecule has 0 unspecified atom stereocenters. The lowest BCUT2D eigenvalue weighted by atomic mass is 9.89. The van der Waals surface area contributed by atoms with Gasteiger partial charge in [0.1, 0.15) is 0 Å². The van der Waals surface area contributed by atoms with Crippen molar-refractivity contribution in [3.8, 4) is 0 Å². The highest BCUT2D eigenvalue weighted by Gasteiger charge is 2.38. The number of anilines is 2. The van der Waals surface area contributed by atoms with Crippen molar-refractivity contribution in [3.05, 3.63) is 76.6 Å². The molecule has 0 spiro atoms. The molecule has 1 aromatic heterocycles. The number of carbonyl (C=O) groups excluding carboxylic acids is 2. The first kappa shape index (κ1) is 20.2. The molecular formula is C23H22ClN3O3. The van der Waals surface area contributed by atoms with E-state index in [-0.39, 0.29) is 29.7 Å². The standard InChI is InChI=1S/C23H22ClN3O3/c1-14-12-22(30-25-14)23(29)26-15(2)13-21(19-6-4-5-7-20(19)26)27(16(3)28)18-10-8-17(24)9-11-18/h4-12,15,21H,13H2,1-3H3/t15-,21+/m0/s1. The third-order valence-corrected chi connectivity index (χ3v) is 5.63. The number of hydrogen-bond acceptors (Lipinski definition) is 4. The fourth-order valence-corrected chi connectivity index (χ4v) is 4.23. The normalized spacial score (nSPS) is 18.1. The molecule has 6 nitrogen and oxygen atoms in total. The summed E-state index contributed by atoms with van der Waals surface area (Å²) in [4.78, 5) is 29.4. The molecule has 0 saturated heterocycles. The van der Waals surface area contributed by atoms with Gasteiger partial charge in [-0.1, -0.05) is 35.0 Å². The quantitative estimate of drug-likeness (QED) is 0.582. The number of aromatic nitrogens is 1. The van der Waals surface area contributed by atoms with Gasteiger partial charge in [0.05, 0.1) is 11.7 Å². The minimum absolute atomic E-state index is 0.0741. The molecule has 7 heteroatoms. The van der Waals surface area contributed by atoms with Crippen molar-refractivity contribution in [1.29, 1.82) is 0 Å². The number of rotatable bonds is 3. The second-order valence-corrected chi connectivity index (χ2v) is 7.97. The first-order valence-corrected chi connectivity index (χ1v) is 10.2. The van der Waals surface area contributed by atoms with E-state index in [0.29, 0.717) is 17.1 Å². The number of nitrogens with zero attached hydrogens (tertiary/aromatic N) is 3. The molecule has 4 rings (SSSR count). The summed E-state index contributed by atoms with van der Waals surface area (Å²) in [7, 11) is 0. The van der Waals surface area contributed by atoms with Crippen molar-refractivity contribution in [2.24, 2.45) is 0 Å². The van der Waals surface area contributed by atoms with E-state index in [0.717, 1.165) is 16.9 Å². The zero-order chi connectivity index (χ0) is 21.4. The molecular weight excluding hydrogens is 402 g/mol. The van der Waals surface area contributed by atoms with Gasteiger partial charge in [0.25, 0.3) is 5.91 Å². The highest BCUT2D eigenvalue weighted by atomic mass is 35.5. The minimum atomic E-state index is -0.241. The summed E-state index contributed by atoms with van der Waals surface area (Å²) < 4.78 is 5.22. The van der Waals surface area contributed by atoms with Crippen molar-refractivity contribution >= 4 is 34.8 Å². The SMILES string of the molecule is CC(=O)N(c1ccc(Cl)cc1)[C@@H]1C[C@H](C)N(C(=O)c2cc(C)no2)c2ccccc21. The molecule has 2 heterocycles. The van der Waals surface area contributed by atoms with Gasteiger partial charge < -0.3 is 14.3 Å². The monoisotopic (exact) mass is 423 g/mol. The van der Waals surface area contributed by atoms with Crippen molar-refractivity contribution in [2.75, 3.05) is 9.80 Å². The van der Waals surface area contributed by atoms with Gasteiger partial charge >= 0.3 is 0 Å². The number of para-hydroxylation sites is 1. The Kier molecular flexibility index (Phi) is 5.35. The summed E-state index contributed by atoms with van der Waals surface area (Å²) in [6, 6.07) is 16.2. The molecule has 2 atom stereocenters. The van der Waals surface area contributed by atoms with Crippen LogP contribution in [0.15, 0.2) is 59.1 Å². The average molecular weight is 424 g/mol. The van der Waals surface area contributed by atoms with Crippen LogP contribution in [0.2, 0.25) is 5.02 Å². The maximum Gasteiger partial charge on any atom is 0.297 e. The van der Waals surface area contributed by atoms with Gasteiger partial charge in [-0.3, -0.25) is 9.59 Å². The maximum absolute atomic E-state index is 13.2. The van der Waals surface area contributed by atoms with E-state index in [1.54, 1.807) is 41.8 Å². The Labute approximate surface area is 180 Å². The smallest absolute Gasteiger partial charge is 0.297 e. The number of halogens is 1. The minimum Gasteiger partial charge on any atom is -0.351 e. The largest absolute Gasteiger partial charge is 0.351 e. The molecule has 1 aliphatic rings. The van der Waals surface area contributed by atoms with Gasteiger partial charge in [0.2, 0.25) is 11.7 Å². The van der Waals surface area contributed by atoms with Crippen LogP contribution in [0.3, 0.4) is 0 Å². The van der Waals surface area contributed by atoms with Crippen LogP contribution >= 0.6 is 11.6 Å². The van der Waals surface area contributed by atoms with E-state index in [9.17, 15) is 9.59 Å². The van der Waals surface area contributed by atoms with Crippen molar-refractivity contribution in [3.63, 3.8) is 0 Å². The van der Waals surface area contributed by atoms with E-state index in [1.165, 1.54) is 0 Å². The zero-order valence-electron chi connectivity index (χ0n) is 17.0. The molecule has 154 valence electrons. The highest BCUT2D eigenvalue weighted by molar-refractivity contribution is 6.30. The van der Waals surface area contributed by atoms with Crippen LogP contribution in [0.5, 0.6) is 0 Å². The molecule has 0 aliphatic carbocycles. The first-order chi connectivity index (χ1) is 14.4. The van der Waals surface area contributed by atoms with Gasteiger partial charge in [-0.15, -0.1) is 0 Å². The number of benzene rings is 2. The predicted octanol–water partition coefficient (Wildman–Crippen LogP) is 5.17. The van der Waals surface area contributed by atoms with E-state index in [4.69, 9.17) is 16.1 Å². The van der Waals surface area contributed by atoms with E-state index >= 15 is 0 Å². The predicted molar refractivity (Wildman–Crippen MR) is 116 cm³/mol. The summed E-state index contributed by atoms with van der Waals surface area (Å²) >= 11 is 6.04. The molecule has 3 aromatic rings. The van der Waals surface area contributed by atoms with Gasteiger partial charge in [0, 0.05) is 35.4 Å². The molecule has 0 fully saturated rings. The summed E-state index contributed by atoms with van der Waals surface area (Å²) in [5.74, 6) is -0.112. The molecule has 1 aliphatic heterocycles. The van der Waals surface area contributed by atoms with Gasteiger partial charge in [-0.2, -0.15) is 0 Å². The fraction of sp³-hybridized carbons (Fsp3) is 0.261. The molecule has 0 N–H and O–H groups in total. The number of hydrogen-bond donors (Lipinski definition) is 0. The molecule has 0 bridgehead atoms. The number of aryl methyl sites for hydroxylation is 1. The third-order valence-electron chi connectivity index (χ3n) is 5.37. The Morgan fingerprint density at radius 3 is 2.50 bits per heavy atom. The van der Waals surface area contributed by atoms with E-state index in [2.05, 4.69) is 5.16 Å². The first-order valence-electron chi connectivity index (χ1n) is 9.78. The third kappa shape index (κ3) is 3.59. The second kappa shape index (κ2) is 7.95. The summed E-state index contributed by atoms with van der Waals surface area (Å²) in [5, 5.41) is 4.45. The Morgan fingerprint density at radius 2 is 1.87 bits per heavy atom. The van der Waals surface area contributed by atoms with Gasteiger partial charge in [0.15, 0.2) is 0 Å². The van der Waals surface area contributed by atoms with Gasteiger partial charge in [-0.25, -0.2) is 0 Å². The molecule has 2 amide bonds. The van der Waals surface area contributed by atoms with E-state index in [1.807, 2.05) is 43.3 Å². The average Bonchev–Trinajstić information content (AvgIpc) is 3.15. The molecule has 0 saturated carbocycles. The van der Waals surface area contributed by atoms with Gasteiger partial charge in [-0.05, 0) is 56.2 Å². The van der Waals surface area contributed by atoms with Crippen LogP contribution in [0.4, 0.5) is 11.4 Å².